The summed E-state index contributed by atoms with van der Waals surface area (Å²) in [6.07, 6.45) is 0. The number of halogens is 3. The van der Waals surface area contributed by atoms with Gasteiger partial charge in [0.15, 0.2) is 0 Å². The normalized spacial score (nSPS) is 13.5. The molecule has 0 aliphatic rings. The van der Waals surface area contributed by atoms with Gasteiger partial charge in [-0.25, -0.2) is 13.2 Å². The van der Waals surface area contributed by atoms with Crippen LogP contribution in [0.1, 0.15) is 18.4 Å². The molecule has 1 N–H and O–H groups in total. The van der Waals surface area contributed by atoms with E-state index in [4.69, 9.17) is 5.11 Å². The summed E-state index contributed by atoms with van der Waals surface area (Å²) in [5.41, 5.74) is -0.958. The molecule has 1 aromatic carbocycles. The lowest BCUT2D eigenvalue weighted by Gasteiger charge is -2.21. The van der Waals surface area contributed by atoms with Crippen molar-refractivity contribution in [2.24, 2.45) is 0 Å². The maximum atomic E-state index is 13.3. The predicted molar refractivity (Wildman–Crippen MR) is 53.5 cm³/mol. The largest absolute Gasteiger partial charge is 0.390 e. The molecule has 4 nitrogen and oxygen atoms in total. The summed E-state index contributed by atoms with van der Waals surface area (Å²) in [6, 6.07) is 2.41. The Morgan fingerprint density at radius 1 is 1.53 bits per heavy atom. The van der Waals surface area contributed by atoms with E-state index in [1.54, 1.807) is 0 Å². The Morgan fingerprint density at radius 3 is 2.59 bits per heavy atom. The van der Waals surface area contributed by atoms with Gasteiger partial charge in [-0.2, -0.15) is 0 Å². The van der Waals surface area contributed by atoms with Crippen molar-refractivity contribution in [3.8, 4) is 0 Å². The molecule has 1 atom stereocenters. The molecular formula is C10H10F3NO3. The Morgan fingerprint density at radius 2 is 2.12 bits per heavy atom. The molecule has 0 fully saturated rings. The number of non-ortho nitro benzene ring substituents is 1. The van der Waals surface area contributed by atoms with Gasteiger partial charge >= 0.3 is 0 Å². The van der Waals surface area contributed by atoms with Gasteiger partial charge in [0.1, 0.15) is 12.4 Å². The zero-order valence-electron chi connectivity index (χ0n) is 8.86. The van der Waals surface area contributed by atoms with Crippen molar-refractivity contribution < 1.29 is 23.2 Å². The fraction of sp³-hybridized carbons (Fsp3) is 0.400. The first-order chi connectivity index (χ1) is 7.79. The highest BCUT2D eigenvalue weighted by Gasteiger charge is 2.38. The molecule has 7 heteroatoms. The van der Waals surface area contributed by atoms with Crippen molar-refractivity contribution in [3.05, 3.63) is 39.7 Å². The summed E-state index contributed by atoms with van der Waals surface area (Å²) in [6.45, 7) is -0.450. The first kappa shape index (κ1) is 13.4. The second kappa shape index (κ2) is 4.70. The Labute approximate surface area is 94.8 Å². The molecule has 0 aliphatic heterocycles. The predicted octanol–water partition coefficient (Wildman–Crippen LogP) is 2.47. The van der Waals surface area contributed by atoms with Gasteiger partial charge in [0.25, 0.3) is 11.6 Å². The average Bonchev–Trinajstić information content (AvgIpc) is 2.28. The molecular weight excluding hydrogens is 239 g/mol. The van der Waals surface area contributed by atoms with Crippen LogP contribution in [-0.4, -0.2) is 22.6 Å². The highest BCUT2D eigenvalue weighted by atomic mass is 19.3. The SMILES string of the molecule is CC(c1cc([N+](=O)[O-])ccc1F)C(F)(F)CO. The number of nitro benzene ring substituents is 1. The fourth-order valence-electron chi connectivity index (χ4n) is 1.34. The summed E-state index contributed by atoms with van der Waals surface area (Å²) in [5, 5.41) is 18.9. The van der Waals surface area contributed by atoms with E-state index < -0.39 is 40.4 Å². The third kappa shape index (κ3) is 2.73. The first-order valence-electron chi connectivity index (χ1n) is 4.72. The Balaban J connectivity index is 3.21. The van der Waals surface area contributed by atoms with E-state index in [1.165, 1.54) is 0 Å². The van der Waals surface area contributed by atoms with Crippen molar-refractivity contribution in [3.63, 3.8) is 0 Å². The smallest absolute Gasteiger partial charge is 0.277 e. The maximum Gasteiger partial charge on any atom is 0.277 e. The molecule has 1 aromatic rings. The number of alkyl halides is 2. The van der Waals surface area contributed by atoms with Crippen LogP contribution in [0, 0.1) is 15.9 Å². The van der Waals surface area contributed by atoms with Crippen LogP contribution < -0.4 is 0 Å². The van der Waals surface area contributed by atoms with E-state index in [-0.39, 0.29) is 0 Å². The fourth-order valence-corrected chi connectivity index (χ4v) is 1.34. The second-order valence-electron chi connectivity index (χ2n) is 3.60. The molecule has 0 bridgehead atoms. The lowest BCUT2D eigenvalue weighted by Crippen LogP contribution is -2.29. The van der Waals surface area contributed by atoms with E-state index in [1.807, 2.05) is 0 Å². The molecule has 0 aromatic heterocycles. The standard InChI is InChI=1S/C10H10F3NO3/c1-6(10(12,13)5-15)8-4-7(14(16)17)2-3-9(8)11/h2-4,6,15H,5H2,1H3. The quantitative estimate of drug-likeness (QED) is 0.658. The monoisotopic (exact) mass is 249 g/mol. The summed E-state index contributed by atoms with van der Waals surface area (Å²) < 4.78 is 39.6. The number of hydrogen-bond acceptors (Lipinski definition) is 3. The zero-order valence-corrected chi connectivity index (χ0v) is 8.86. The van der Waals surface area contributed by atoms with Crippen LogP contribution in [0.4, 0.5) is 18.9 Å². The van der Waals surface area contributed by atoms with Crippen LogP contribution in [-0.2, 0) is 0 Å². The molecule has 0 amide bonds. The van der Waals surface area contributed by atoms with Crippen LogP contribution in [0.15, 0.2) is 18.2 Å². The highest BCUT2D eigenvalue weighted by Crippen LogP contribution is 2.35. The van der Waals surface area contributed by atoms with E-state index in [9.17, 15) is 23.3 Å². The maximum absolute atomic E-state index is 13.3. The molecule has 1 unspecified atom stereocenters. The minimum Gasteiger partial charge on any atom is -0.390 e. The van der Waals surface area contributed by atoms with Gasteiger partial charge < -0.3 is 5.11 Å². The minimum atomic E-state index is -3.53. The average molecular weight is 249 g/mol. The molecule has 17 heavy (non-hydrogen) atoms. The van der Waals surface area contributed by atoms with Gasteiger partial charge in [0.2, 0.25) is 0 Å². The third-order valence-corrected chi connectivity index (χ3v) is 2.50. The topological polar surface area (TPSA) is 63.4 Å². The number of nitrogens with zero attached hydrogens (tertiary/aromatic N) is 1. The molecule has 94 valence electrons. The molecule has 0 saturated heterocycles. The molecule has 0 spiro atoms. The number of aliphatic hydroxyl groups is 1. The number of nitro groups is 1. The number of hydrogen-bond donors (Lipinski definition) is 1. The van der Waals surface area contributed by atoms with Crippen molar-refractivity contribution in [2.75, 3.05) is 6.61 Å². The van der Waals surface area contributed by atoms with Crippen LogP contribution >= 0.6 is 0 Å². The van der Waals surface area contributed by atoms with E-state index in [0.29, 0.717) is 0 Å². The Kier molecular flexibility index (Phi) is 3.72. The third-order valence-electron chi connectivity index (χ3n) is 2.50. The Bertz CT molecular complexity index is 437. The lowest BCUT2D eigenvalue weighted by molar-refractivity contribution is -0.385. The van der Waals surface area contributed by atoms with Gasteiger partial charge in [0, 0.05) is 17.7 Å². The lowest BCUT2D eigenvalue weighted by atomic mass is 9.94. The van der Waals surface area contributed by atoms with E-state index >= 15 is 0 Å². The summed E-state index contributed by atoms with van der Waals surface area (Å²) in [5.74, 6) is -6.14. The second-order valence-corrected chi connectivity index (χ2v) is 3.60. The van der Waals surface area contributed by atoms with E-state index in [0.717, 1.165) is 25.1 Å². The van der Waals surface area contributed by atoms with Gasteiger partial charge in [0.05, 0.1) is 10.8 Å². The van der Waals surface area contributed by atoms with Crippen molar-refractivity contribution in [1.82, 2.24) is 0 Å². The number of benzene rings is 1. The van der Waals surface area contributed by atoms with Crippen LogP contribution in [0.2, 0.25) is 0 Å². The number of aliphatic hydroxyl groups excluding tert-OH is 1. The van der Waals surface area contributed by atoms with Crippen molar-refractivity contribution in [2.45, 2.75) is 18.8 Å². The molecule has 0 heterocycles. The van der Waals surface area contributed by atoms with Gasteiger partial charge in [-0.05, 0) is 6.07 Å². The van der Waals surface area contributed by atoms with Gasteiger partial charge in [-0.3, -0.25) is 10.1 Å². The molecule has 1 rings (SSSR count). The molecule has 0 saturated carbocycles. The number of rotatable bonds is 4. The Hall–Kier alpha value is -1.63. The summed E-state index contributed by atoms with van der Waals surface area (Å²) in [4.78, 5) is 9.65. The first-order valence-corrected chi connectivity index (χ1v) is 4.72. The summed E-state index contributed by atoms with van der Waals surface area (Å²) in [7, 11) is 0. The van der Waals surface area contributed by atoms with Crippen molar-refractivity contribution in [1.29, 1.82) is 0 Å². The molecule has 0 aliphatic carbocycles. The van der Waals surface area contributed by atoms with Crippen LogP contribution in [0.25, 0.3) is 0 Å². The minimum absolute atomic E-state index is 0.470. The van der Waals surface area contributed by atoms with Gasteiger partial charge in [-0.15, -0.1) is 0 Å². The summed E-state index contributed by atoms with van der Waals surface area (Å²) >= 11 is 0. The van der Waals surface area contributed by atoms with Gasteiger partial charge in [-0.1, -0.05) is 6.92 Å². The van der Waals surface area contributed by atoms with Crippen molar-refractivity contribution >= 4 is 5.69 Å². The van der Waals surface area contributed by atoms with E-state index in [2.05, 4.69) is 0 Å². The zero-order chi connectivity index (χ0) is 13.2. The van der Waals surface area contributed by atoms with Crippen LogP contribution in [0.5, 0.6) is 0 Å². The molecule has 0 radical (unpaired) electrons. The van der Waals surface area contributed by atoms with Crippen LogP contribution in [0.3, 0.4) is 0 Å². The highest BCUT2D eigenvalue weighted by molar-refractivity contribution is 5.37.